The molecule has 0 radical (unpaired) electrons. The van der Waals surface area contributed by atoms with E-state index in [4.69, 9.17) is 11.6 Å². The molecule has 2 aromatic carbocycles. The summed E-state index contributed by atoms with van der Waals surface area (Å²) in [6.07, 6.45) is 0. The van der Waals surface area contributed by atoms with Gasteiger partial charge in [-0.3, -0.25) is 0 Å². The van der Waals surface area contributed by atoms with Crippen LogP contribution in [0.3, 0.4) is 0 Å². The summed E-state index contributed by atoms with van der Waals surface area (Å²) < 4.78 is 25.6. The lowest BCUT2D eigenvalue weighted by atomic mass is 10.1. The monoisotopic (exact) mass is 336 g/mol. The zero-order valence-electron chi connectivity index (χ0n) is 12.1. The first-order chi connectivity index (χ1) is 10.4. The number of aliphatic hydroxyl groups excluding tert-OH is 1. The summed E-state index contributed by atoms with van der Waals surface area (Å²) in [4.78, 5) is 0.311. The van der Waals surface area contributed by atoms with Crippen molar-refractivity contribution in [3.63, 3.8) is 0 Å². The molecule has 0 spiro atoms. The number of benzene rings is 2. The molecule has 1 saturated carbocycles. The van der Waals surface area contributed by atoms with Crippen LogP contribution in [0.25, 0.3) is 0 Å². The van der Waals surface area contributed by atoms with E-state index >= 15 is 0 Å². The van der Waals surface area contributed by atoms with Gasteiger partial charge >= 0.3 is 0 Å². The summed E-state index contributed by atoms with van der Waals surface area (Å²) in [5.74, 6) is -0.472. The van der Waals surface area contributed by atoms with Gasteiger partial charge in [0, 0.05) is 23.5 Å². The summed E-state index contributed by atoms with van der Waals surface area (Å²) in [6, 6.07) is 14.0. The summed E-state index contributed by atoms with van der Waals surface area (Å²) >= 11 is 5.99. The molecule has 3 nitrogen and oxygen atoms in total. The average molecular weight is 337 g/mol. The first kappa shape index (κ1) is 15.5. The standard InChI is InChI=1S/C17H17ClO3S/c1-11-5-7-14(8-6-11)22(20,21)17-15(10-19)16(17)12-3-2-4-13(18)9-12/h2-9,15-17,19H,10H2,1H3/t15-,16+,17-/m1/s1. The lowest BCUT2D eigenvalue weighted by Crippen LogP contribution is -2.11. The van der Waals surface area contributed by atoms with E-state index in [-0.39, 0.29) is 18.4 Å². The molecule has 1 aliphatic carbocycles. The van der Waals surface area contributed by atoms with E-state index < -0.39 is 15.1 Å². The van der Waals surface area contributed by atoms with Crippen LogP contribution in [-0.2, 0) is 9.84 Å². The molecule has 0 amide bonds. The number of aliphatic hydroxyl groups is 1. The number of hydrogen-bond acceptors (Lipinski definition) is 3. The van der Waals surface area contributed by atoms with Crippen molar-refractivity contribution in [3.05, 3.63) is 64.7 Å². The molecule has 2 aromatic rings. The number of rotatable bonds is 4. The van der Waals surface area contributed by atoms with Crippen LogP contribution in [-0.4, -0.2) is 25.4 Å². The van der Waals surface area contributed by atoms with E-state index in [0.29, 0.717) is 9.92 Å². The Balaban J connectivity index is 1.95. The molecular weight excluding hydrogens is 320 g/mol. The maximum Gasteiger partial charge on any atom is 0.182 e. The van der Waals surface area contributed by atoms with Gasteiger partial charge in [0.2, 0.25) is 0 Å². The van der Waals surface area contributed by atoms with Gasteiger partial charge in [-0.05, 0) is 36.8 Å². The van der Waals surface area contributed by atoms with E-state index in [1.807, 2.05) is 13.0 Å². The minimum Gasteiger partial charge on any atom is -0.396 e. The van der Waals surface area contributed by atoms with Crippen LogP contribution in [0.2, 0.25) is 5.02 Å². The van der Waals surface area contributed by atoms with Gasteiger partial charge in [0.25, 0.3) is 0 Å². The van der Waals surface area contributed by atoms with Crippen molar-refractivity contribution >= 4 is 21.4 Å². The molecule has 3 atom stereocenters. The van der Waals surface area contributed by atoms with Gasteiger partial charge in [0.05, 0.1) is 10.1 Å². The fourth-order valence-corrected chi connectivity index (χ4v) is 5.42. The lowest BCUT2D eigenvalue weighted by Gasteiger charge is -2.05. The first-order valence-corrected chi connectivity index (χ1v) is 9.04. The second-order valence-corrected chi connectivity index (χ2v) is 8.29. The van der Waals surface area contributed by atoms with Crippen LogP contribution >= 0.6 is 11.6 Å². The summed E-state index contributed by atoms with van der Waals surface area (Å²) in [5, 5.41) is 9.53. The smallest absolute Gasteiger partial charge is 0.182 e. The predicted molar refractivity (Wildman–Crippen MR) is 86.9 cm³/mol. The Morgan fingerprint density at radius 1 is 1.14 bits per heavy atom. The summed E-state index contributed by atoms with van der Waals surface area (Å²) in [6.45, 7) is 1.77. The van der Waals surface area contributed by atoms with Gasteiger partial charge in [-0.15, -0.1) is 0 Å². The van der Waals surface area contributed by atoms with Crippen molar-refractivity contribution in [2.45, 2.75) is 23.0 Å². The van der Waals surface area contributed by atoms with Crippen LogP contribution in [0.5, 0.6) is 0 Å². The van der Waals surface area contributed by atoms with E-state index in [1.54, 1.807) is 42.5 Å². The summed E-state index contributed by atoms with van der Waals surface area (Å²) in [5.41, 5.74) is 1.88. The Kier molecular flexibility index (Phi) is 4.02. The van der Waals surface area contributed by atoms with E-state index in [2.05, 4.69) is 0 Å². The second-order valence-electron chi connectivity index (χ2n) is 5.75. The largest absolute Gasteiger partial charge is 0.396 e. The van der Waals surface area contributed by atoms with Gasteiger partial charge < -0.3 is 5.11 Å². The lowest BCUT2D eigenvalue weighted by molar-refractivity contribution is 0.274. The number of aryl methyl sites for hydroxylation is 1. The Morgan fingerprint density at radius 3 is 2.41 bits per heavy atom. The van der Waals surface area contributed by atoms with Gasteiger partial charge in [-0.1, -0.05) is 41.4 Å². The zero-order valence-corrected chi connectivity index (χ0v) is 13.7. The normalized spacial score (nSPS) is 24.2. The molecule has 1 N–H and O–H groups in total. The van der Waals surface area contributed by atoms with E-state index in [9.17, 15) is 13.5 Å². The van der Waals surface area contributed by atoms with Gasteiger partial charge in [-0.25, -0.2) is 8.42 Å². The Hall–Kier alpha value is -1.36. The molecule has 1 aliphatic rings. The molecule has 0 saturated heterocycles. The van der Waals surface area contributed by atoms with Gasteiger partial charge in [0.15, 0.2) is 9.84 Å². The van der Waals surface area contributed by atoms with Crippen molar-refractivity contribution in [2.75, 3.05) is 6.61 Å². The predicted octanol–water partition coefficient (Wildman–Crippen LogP) is 3.20. The second kappa shape index (κ2) is 5.69. The molecule has 0 heterocycles. The van der Waals surface area contributed by atoms with Crippen LogP contribution in [0, 0.1) is 12.8 Å². The highest BCUT2D eigenvalue weighted by molar-refractivity contribution is 7.92. The van der Waals surface area contributed by atoms with Crippen LogP contribution in [0.15, 0.2) is 53.4 Å². The van der Waals surface area contributed by atoms with Crippen molar-refractivity contribution in [1.82, 2.24) is 0 Å². The molecule has 0 bridgehead atoms. The van der Waals surface area contributed by atoms with Gasteiger partial charge in [0.1, 0.15) is 0 Å². The first-order valence-electron chi connectivity index (χ1n) is 7.12. The molecule has 1 fully saturated rings. The molecule has 116 valence electrons. The number of sulfone groups is 1. The van der Waals surface area contributed by atoms with Crippen molar-refractivity contribution in [3.8, 4) is 0 Å². The fraction of sp³-hybridized carbons (Fsp3) is 0.294. The molecule has 22 heavy (non-hydrogen) atoms. The van der Waals surface area contributed by atoms with Crippen molar-refractivity contribution in [2.24, 2.45) is 5.92 Å². The third-order valence-electron chi connectivity index (χ3n) is 4.25. The van der Waals surface area contributed by atoms with Gasteiger partial charge in [-0.2, -0.15) is 0 Å². The molecule has 0 unspecified atom stereocenters. The third kappa shape index (κ3) is 2.67. The van der Waals surface area contributed by atoms with E-state index in [0.717, 1.165) is 11.1 Å². The summed E-state index contributed by atoms with van der Waals surface area (Å²) in [7, 11) is -3.46. The highest BCUT2D eigenvalue weighted by Crippen LogP contribution is 2.53. The molecule has 0 aliphatic heterocycles. The van der Waals surface area contributed by atoms with Crippen molar-refractivity contribution < 1.29 is 13.5 Å². The van der Waals surface area contributed by atoms with Crippen LogP contribution in [0.4, 0.5) is 0 Å². The molecule has 3 rings (SSSR count). The maximum atomic E-state index is 12.8. The van der Waals surface area contributed by atoms with E-state index in [1.165, 1.54) is 0 Å². The number of halogens is 1. The zero-order chi connectivity index (χ0) is 15.9. The Labute approximate surface area is 135 Å². The van der Waals surface area contributed by atoms with Crippen LogP contribution < -0.4 is 0 Å². The topological polar surface area (TPSA) is 54.4 Å². The molecular formula is C17H17ClO3S. The molecule has 0 aromatic heterocycles. The minimum atomic E-state index is -3.46. The SMILES string of the molecule is Cc1ccc(S(=O)(=O)[C@@H]2[C@H](CO)[C@@H]2c2cccc(Cl)c2)cc1. The average Bonchev–Trinajstić information content (AvgIpc) is 3.23. The Morgan fingerprint density at radius 2 is 1.82 bits per heavy atom. The van der Waals surface area contributed by atoms with Crippen LogP contribution in [0.1, 0.15) is 17.0 Å². The highest BCUT2D eigenvalue weighted by Gasteiger charge is 2.58. The maximum absolute atomic E-state index is 12.8. The highest BCUT2D eigenvalue weighted by atomic mass is 35.5. The van der Waals surface area contributed by atoms with Crippen molar-refractivity contribution in [1.29, 1.82) is 0 Å². The quantitative estimate of drug-likeness (QED) is 0.932. The number of hydrogen-bond donors (Lipinski definition) is 1. The Bertz CT molecular complexity index is 784. The molecule has 5 heteroatoms. The minimum absolute atomic E-state index is 0.146. The fourth-order valence-electron chi connectivity index (χ4n) is 3.02. The third-order valence-corrected chi connectivity index (χ3v) is 6.77.